The van der Waals surface area contributed by atoms with Gasteiger partial charge in [-0.25, -0.2) is 4.68 Å². The Hall–Kier alpha value is -3.12. The number of rotatable bonds is 4. The molecule has 1 fully saturated rings. The van der Waals surface area contributed by atoms with Crippen LogP contribution in [-0.4, -0.2) is 65.8 Å². The van der Waals surface area contributed by atoms with Crippen molar-refractivity contribution in [1.29, 1.82) is 0 Å². The van der Waals surface area contributed by atoms with Gasteiger partial charge in [-0.3, -0.25) is 4.79 Å². The molecule has 6 heteroatoms. The third-order valence-corrected chi connectivity index (χ3v) is 5.12. The lowest BCUT2D eigenvalue weighted by molar-refractivity contribution is 0.0665. The van der Waals surface area contributed by atoms with Gasteiger partial charge < -0.3 is 14.5 Å². The first-order chi connectivity index (χ1) is 13.7. The zero-order valence-electron chi connectivity index (χ0n) is 16.2. The van der Waals surface area contributed by atoms with Crippen molar-refractivity contribution in [3.63, 3.8) is 0 Å². The highest BCUT2D eigenvalue weighted by Crippen LogP contribution is 2.27. The van der Waals surface area contributed by atoms with E-state index in [-0.39, 0.29) is 5.91 Å². The summed E-state index contributed by atoms with van der Waals surface area (Å²) < 4.78 is 7.04. The van der Waals surface area contributed by atoms with Crippen molar-refractivity contribution in [2.24, 2.45) is 0 Å². The number of benzene rings is 2. The molecule has 0 spiro atoms. The van der Waals surface area contributed by atoms with Crippen molar-refractivity contribution in [1.82, 2.24) is 19.6 Å². The highest BCUT2D eigenvalue weighted by atomic mass is 16.5. The molecular formula is C22H24N4O2. The van der Waals surface area contributed by atoms with Gasteiger partial charge in [-0.2, -0.15) is 5.10 Å². The van der Waals surface area contributed by atoms with Crippen LogP contribution in [0.25, 0.3) is 16.9 Å². The monoisotopic (exact) mass is 376 g/mol. The predicted molar refractivity (Wildman–Crippen MR) is 109 cm³/mol. The largest absolute Gasteiger partial charge is 0.497 e. The summed E-state index contributed by atoms with van der Waals surface area (Å²) in [4.78, 5) is 17.5. The topological polar surface area (TPSA) is 50.6 Å². The molecule has 0 atom stereocenters. The summed E-state index contributed by atoms with van der Waals surface area (Å²) in [6.45, 7) is 3.23. The Morgan fingerprint density at radius 3 is 2.29 bits per heavy atom. The molecule has 0 N–H and O–H groups in total. The molecule has 144 valence electrons. The summed E-state index contributed by atoms with van der Waals surface area (Å²) in [5.74, 6) is 0.805. The van der Waals surface area contributed by atoms with Gasteiger partial charge in [0.05, 0.1) is 18.4 Å². The fourth-order valence-electron chi connectivity index (χ4n) is 3.39. The van der Waals surface area contributed by atoms with Crippen LogP contribution >= 0.6 is 0 Å². The maximum atomic E-state index is 13.3. The minimum atomic E-state index is 0.0288. The lowest BCUT2D eigenvalue weighted by Gasteiger charge is -2.32. The SMILES string of the molecule is COc1ccc(-c2nn(-c3ccccc3)cc2C(=O)N2CCN(C)CC2)cc1. The molecule has 1 aliphatic rings. The van der Waals surface area contributed by atoms with Crippen LogP contribution in [0.5, 0.6) is 5.75 Å². The molecule has 0 saturated carbocycles. The third kappa shape index (κ3) is 3.64. The van der Waals surface area contributed by atoms with E-state index in [1.807, 2.05) is 65.7 Å². The summed E-state index contributed by atoms with van der Waals surface area (Å²) in [6, 6.07) is 17.5. The first kappa shape index (κ1) is 18.3. The lowest BCUT2D eigenvalue weighted by atomic mass is 10.1. The zero-order valence-corrected chi connectivity index (χ0v) is 16.2. The Kier molecular flexibility index (Phi) is 5.12. The fraction of sp³-hybridized carbons (Fsp3) is 0.273. The predicted octanol–water partition coefficient (Wildman–Crippen LogP) is 2.94. The lowest BCUT2D eigenvalue weighted by Crippen LogP contribution is -2.47. The molecule has 2 aromatic carbocycles. The second-order valence-electron chi connectivity index (χ2n) is 7.00. The molecule has 1 amide bonds. The van der Waals surface area contributed by atoms with Gasteiger partial charge in [0.1, 0.15) is 11.4 Å². The van der Waals surface area contributed by atoms with Crippen molar-refractivity contribution < 1.29 is 9.53 Å². The van der Waals surface area contributed by atoms with Gasteiger partial charge in [-0.15, -0.1) is 0 Å². The first-order valence-corrected chi connectivity index (χ1v) is 9.43. The van der Waals surface area contributed by atoms with E-state index in [4.69, 9.17) is 9.84 Å². The number of carbonyl (C=O) groups excluding carboxylic acids is 1. The third-order valence-electron chi connectivity index (χ3n) is 5.12. The van der Waals surface area contributed by atoms with E-state index in [0.29, 0.717) is 11.3 Å². The summed E-state index contributed by atoms with van der Waals surface area (Å²) in [7, 11) is 3.72. The van der Waals surface area contributed by atoms with E-state index in [1.54, 1.807) is 11.8 Å². The Bertz CT molecular complexity index is 942. The summed E-state index contributed by atoms with van der Waals surface area (Å²) >= 11 is 0. The number of nitrogens with zero attached hydrogens (tertiary/aromatic N) is 4. The number of para-hydroxylation sites is 1. The zero-order chi connectivity index (χ0) is 19.5. The molecule has 0 unspecified atom stereocenters. The molecule has 1 saturated heterocycles. The number of likely N-dealkylation sites (N-methyl/N-ethyl adjacent to an activating group) is 1. The van der Waals surface area contributed by atoms with Crippen molar-refractivity contribution in [3.8, 4) is 22.7 Å². The highest BCUT2D eigenvalue weighted by molar-refractivity contribution is 6.00. The Morgan fingerprint density at radius 2 is 1.64 bits per heavy atom. The average Bonchev–Trinajstić information content (AvgIpc) is 3.20. The normalized spacial score (nSPS) is 14.9. The number of ether oxygens (including phenoxy) is 1. The molecule has 0 radical (unpaired) electrons. The molecule has 0 bridgehead atoms. The first-order valence-electron chi connectivity index (χ1n) is 9.43. The average molecular weight is 376 g/mol. The van der Waals surface area contributed by atoms with Gasteiger partial charge in [-0.05, 0) is 43.4 Å². The van der Waals surface area contributed by atoms with Crippen LogP contribution in [0.4, 0.5) is 0 Å². The van der Waals surface area contributed by atoms with E-state index >= 15 is 0 Å². The molecule has 6 nitrogen and oxygen atoms in total. The molecule has 3 aromatic rings. The fourth-order valence-corrected chi connectivity index (χ4v) is 3.39. The maximum Gasteiger partial charge on any atom is 0.257 e. The van der Waals surface area contributed by atoms with Crippen molar-refractivity contribution in [2.75, 3.05) is 40.3 Å². The number of methoxy groups -OCH3 is 1. The van der Waals surface area contributed by atoms with Crippen molar-refractivity contribution >= 4 is 5.91 Å². The van der Waals surface area contributed by atoms with Crippen LogP contribution in [0.3, 0.4) is 0 Å². The van der Waals surface area contributed by atoms with E-state index in [1.165, 1.54) is 0 Å². The van der Waals surface area contributed by atoms with Gasteiger partial charge in [0.25, 0.3) is 5.91 Å². The quantitative estimate of drug-likeness (QED) is 0.703. The summed E-state index contributed by atoms with van der Waals surface area (Å²) in [5.41, 5.74) is 3.14. The molecule has 2 heterocycles. The standard InChI is InChI=1S/C22H24N4O2/c1-24-12-14-25(15-13-24)22(27)20-16-26(18-6-4-3-5-7-18)23-21(20)17-8-10-19(28-2)11-9-17/h3-11,16H,12-15H2,1-2H3. The van der Waals surface area contributed by atoms with Gasteiger partial charge >= 0.3 is 0 Å². The van der Waals surface area contributed by atoms with Crippen LogP contribution in [0, 0.1) is 0 Å². The number of amides is 1. The minimum absolute atomic E-state index is 0.0288. The molecule has 1 aromatic heterocycles. The Morgan fingerprint density at radius 1 is 0.964 bits per heavy atom. The number of hydrogen-bond acceptors (Lipinski definition) is 4. The number of aromatic nitrogens is 2. The Balaban J connectivity index is 1.74. The maximum absolute atomic E-state index is 13.3. The van der Waals surface area contributed by atoms with Crippen LogP contribution in [-0.2, 0) is 0 Å². The summed E-state index contributed by atoms with van der Waals surface area (Å²) in [5, 5.41) is 4.75. The Labute approximate surface area is 164 Å². The molecule has 28 heavy (non-hydrogen) atoms. The molecule has 1 aliphatic heterocycles. The van der Waals surface area contributed by atoms with Gasteiger partial charge in [0.15, 0.2) is 0 Å². The smallest absolute Gasteiger partial charge is 0.257 e. The van der Waals surface area contributed by atoms with Gasteiger partial charge in [-0.1, -0.05) is 18.2 Å². The summed E-state index contributed by atoms with van der Waals surface area (Å²) in [6.07, 6.45) is 1.84. The second kappa shape index (κ2) is 7.86. The van der Waals surface area contributed by atoms with Crippen LogP contribution in [0.15, 0.2) is 60.8 Å². The van der Waals surface area contributed by atoms with Crippen molar-refractivity contribution in [3.05, 3.63) is 66.4 Å². The van der Waals surface area contributed by atoms with Crippen molar-refractivity contribution in [2.45, 2.75) is 0 Å². The second-order valence-corrected chi connectivity index (χ2v) is 7.00. The molecule has 4 rings (SSSR count). The number of hydrogen-bond donors (Lipinski definition) is 0. The van der Waals surface area contributed by atoms with E-state index in [2.05, 4.69) is 11.9 Å². The molecule has 0 aliphatic carbocycles. The van der Waals surface area contributed by atoms with E-state index in [0.717, 1.165) is 43.2 Å². The van der Waals surface area contributed by atoms with Gasteiger partial charge in [0.2, 0.25) is 0 Å². The molecular weight excluding hydrogens is 352 g/mol. The van der Waals surface area contributed by atoms with Crippen LogP contribution < -0.4 is 4.74 Å². The van der Waals surface area contributed by atoms with E-state index < -0.39 is 0 Å². The van der Waals surface area contributed by atoms with E-state index in [9.17, 15) is 4.79 Å². The highest BCUT2D eigenvalue weighted by Gasteiger charge is 2.25. The van der Waals surface area contributed by atoms with Crippen LogP contribution in [0.1, 0.15) is 10.4 Å². The number of piperazine rings is 1. The van der Waals surface area contributed by atoms with Gasteiger partial charge in [0, 0.05) is 37.9 Å². The minimum Gasteiger partial charge on any atom is -0.497 e. The number of carbonyl (C=O) groups is 1. The van der Waals surface area contributed by atoms with Crippen LogP contribution in [0.2, 0.25) is 0 Å².